The van der Waals surface area contributed by atoms with Crippen LogP contribution in [0.15, 0.2) is 54.6 Å². The number of carbonyl (C=O) groups is 1. The van der Waals surface area contributed by atoms with E-state index in [0.29, 0.717) is 24.1 Å². The molecule has 2 aliphatic rings. The molecule has 0 saturated heterocycles. The molecule has 6 heteroatoms. The van der Waals surface area contributed by atoms with Crippen molar-refractivity contribution < 1.29 is 9.53 Å². The predicted molar refractivity (Wildman–Crippen MR) is 139 cm³/mol. The Hall–Kier alpha value is -3.80. The Bertz CT molecular complexity index is 1400. The van der Waals surface area contributed by atoms with Gasteiger partial charge in [-0.25, -0.2) is 0 Å². The second kappa shape index (κ2) is 9.34. The molecular formula is C30H30N4O2. The van der Waals surface area contributed by atoms with E-state index in [4.69, 9.17) is 4.74 Å². The van der Waals surface area contributed by atoms with E-state index < -0.39 is 0 Å². The van der Waals surface area contributed by atoms with Crippen LogP contribution in [-0.2, 0) is 13.0 Å². The van der Waals surface area contributed by atoms with Crippen LogP contribution >= 0.6 is 0 Å². The first kappa shape index (κ1) is 22.7. The summed E-state index contributed by atoms with van der Waals surface area (Å²) in [5, 5.41) is 14.2. The number of ketones is 1. The molecule has 1 N–H and O–H groups in total. The van der Waals surface area contributed by atoms with Crippen LogP contribution < -0.4 is 4.74 Å². The third kappa shape index (κ3) is 4.11. The van der Waals surface area contributed by atoms with Gasteiger partial charge in [-0.1, -0.05) is 55.3 Å². The molecule has 0 spiro atoms. The molecule has 6 rings (SSSR count). The fourth-order valence-electron chi connectivity index (χ4n) is 5.96. The number of aromatic amines is 1. The molecule has 3 aromatic carbocycles. The van der Waals surface area contributed by atoms with Crippen molar-refractivity contribution in [2.45, 2.75) is 52.6 Å². The minimum absolute atomic E-state index is 0.166. The van der Waals surface area contributed by atoms with Gasteiger partial charge in [-0.05, 0) is 89.8 Å². The van der Waals surface area contributed by atoms with Gasteiger partial charge in [0, 0.05) is 17.0 Å². The van der Waals surface area contributed by atoms with Crippen molar-refractivity contribution in [3.05, 3.63) is 82.4 Å². The van der Waals surface area contributed by atoms with Crippen molar-refractivity contribution in [3.63, 3.8) is 0 Å². The lowest BCUT2D eigenvalue weighted by Crippen LogP contribution is -2.18. The lowest BCUT2D eigenvalue weighted by Gasteiger charge is -2.16. The number of nitrogens with zero attached hydrogens (tertiary/aromatic N) is 3. The highest BCUT2D eigenvalue weighted by atomic mass is 16.5. The van der Waals surface area contributed by atoms with Crippen LogP contribution in [0.25, 0.3) is 22.5 Å². The van der Waals surface area contributed by atoms with Gasteiger partial charge in [-0.15, -0.1) is 10.2 Å². The molecule has 1 aromatic heterocycles. The highest BCUT2D eigenvalue weighted by Crippen LogP contribution is 2.43. The molecule has 0 aliphatic heterocycles. The largest absolute Gasteiger partial charge is 0.489 e. The molecule has 0 amide bonds. The van der Waals surface area contributed by atoms with Gasteiger partial charge in [0.1, 0.15) is 12.4 Å². The van der Waals surface area contributed by atoms with Crippen LogP contribution in [0.1, 0.15) is 58.3 Å². The Kier molecular flexibility index (Phi) is 5.88. The maximum absolute atomic E-state index is 13.3. The van der Waals surface area contributed by atoms with Crippen LogP contribution in [0.4, 0.5) is 0 Å². The van der Waals surface area contributed by atoms with Crippen molar-refractivity contribution >= 4 is 5.78 Å². The Morgan fingerprint density at radius 2 is 1.72 bits per heavy atom. The van der Waals surface area contributed by atoms with E-state index in [0.717, 1.165) is 51.1 Å². The quantitative estimate of drug-likeness (QED) is 0.353. The second-order valence-corrected chi connectivity index (χ2v) is 10.2. The van der Waals surface area contributed by atoms with Gasteiger partial charge in [0.25, 0.3) is 0 Å². The number of hydrogen-bond donors (Lipinski definition) is 1. The summed E-state index contributed by atoms with van der Waals surface area (Å²) in [7, 11) is 0. The monoisotopic (exact) mass is 478 g/mol. The maximum atomic E-state index is 13.3. The molecule has 1 heterocycles. The van der Waals surface area contributed by atoms with Gasteiger partial charge in [0.2, 0.25) is 5.82 Å². The summed E-state index contributed by atoms with van der Waals surface area (Å²) in [6.45, 7) is 4.63. The zero-order chi connectivity index (χ0) is 24.6. The molecule has 1 unspecified atom stereocenters. The Labute approximate surface area is 211 Å². The topological polar surface area (TPSA) is 80.8 Å². The first-order valence-electron chi connectivity index (χ1n) is 12.8. The molecule has 6 nitrogen and oxygen atoms in total. The van der Waals surface area contributed by atoms with E-state index in [-0.39, 0.29) is 5.92 Å². The smallest absolute Gasteiger partial charge is 0.204 e. The molecule has 1 fully saturated rings. The minimum atomic E-state index is 0.166. The number of fused-ring (bicyclic) bond motifs is 1. The first-order chi connectivity index (χ1) is 17.6. The summed E-state index contributed by atoms with van der Waals surface area (Å²) in [5.74, 6) is 2.56. The van der Waals surface area contributed by atoms with Crippen LogP contribution in [0.5, 0.6) is 5.75 Å². The summed E-state index contributed by atoms with van der Waals surface area (Å²) in [4.78, 5) is 13.3. The lowest BCUT2D eigenvalue weighted by atomic mass is 9.87. The Morgan fingerprint density at radius 1 is 0.944 bits per heavy atom. The molecule has 0 bridgehead atoms. The van der Waals surface area contributed by atoms with E-state index in [2.05, 4.69) is 76.9 Å². The summed E-state index contributed by atoms with van der Waals surface area (Å²) in [6.07, 6.45) is 5.79. The maximum Gasteiger partial charge on any atom is 0.204 e. The zero-order valence-electron chi connectivity index (χ0n) is 20.8. The molecule has 1 saturated carbocycles. The summed E-state index contributed by atoms with van der Waals surface area (Å²) in [6, 6.07) is 18.7. The van der Waals surface area contributed by atoms with Crippen molar-refractivity contribution in [1.82, 2.24) is 20.6 Å². The van der Waals surface area contributed by atoms with Crippen LogP contribution in [-0.4, -0.2) is 26.4 Å². The normalized spacial score (nSPS) is 17.5. The summed E-state index contributed by atoms with van der Waals surface area (Å²) < 4.78 is 6.35. The van der Waals surface area contributed by atoms with Crippen LogP contribution in [0, 0.1) is 25.7 Å². The third-order valence-corrected chi connectivity index (χ3v) is 8.07. The average Bonchev–Trinajstić information content (AvgIpc) is 3.68. The number of aromatic nitrogens is 4. The number of nitrogens with one attached hydrogen (secondary N) is 1. The van der Waals surface area contributed by atoms with E-state index in [1.54, 1.807) is 0 Å². The molecule has 2 aliphatic carbocycles. The van der Waals surface area contributed by atoms with Crippen molar-refractivity contribution in [3.8, 4) is 28.3 Å². The molecule has 182 valence electrons. The number of ether oxygens (including phenoxy) is 1. The van der Waals surface area contributed by atoms with Gasteiger partial charge in [0.05, 0.1) is 0 Å². The lowest BCUT2D eigenvalue weighted by molar-refractivity contribution is 0.0894. The summed E-state index contributed by atoms with van der Waals surface area (Å²) >= 11 is 0. The molecule has 0 radical (unpaired) electrons. The number of Topliss-reactive ketones (excluding diaryl/α,β-unsaturated/α-hetero) is 1. The standard InChI is InChI=1S/C30H30N4O2/c1-18-19(2)28-25(15-26(29(28)35)22-7-3-4-8-22)16-27(18)36-17-20-6-5-9-24(14-20)21-10-12-23(13-11-21)30-31-33-34-32-30/h5-6,9-14,16,22,26H,3-4,7-8,15,17H2,1-2H3,(H,31,32,33,34). The molecule has 4 aromatic rings. The van der Waals surface area contributed by atoms with E-state index in [1.807, 2.05) is 12.1 Å². The Morgan fingerprint density at radius 3 is 2.47 bits per heavy atom. The Balaban J connectivity index is 1.19. The highest BCUT2D eigenvalue weighted by Gasteiger charge is 2.39. The fourth-order valence-corrected chi connectivity index (χ4v) is 5.96. The number of rotatable bonds is 6. The van der Waals surface area contributed by atoms with Gasteiger partial charge in [0.15, 0.2) is 5.78 Å². The SMILES string of the molecule is Cc1c(OCc2cccc(-c3ccc(-c4nn[nH]n4)cc3)c2)cc2c(c1C)C(=O)C(C1CCCC1)C2. The fraction of sp³-hybridized carbons (Fsp3) is 0.333. The van der Waals surface area contributed by atoms with Crippen LogP contribution in [0.2, 0.25) is 0 Å². The van der Waals surface area contributed by atoms with Crippen molar-refractivity contribution in [2.24, 2.45) is 11.8 Å². The molecular weight excluding hydrogens is 448 g/mol. The van der Waals surface area contributed by atoms with Gasteiger partial charge in [-0.2, -0.15) is 5.21 Å². The third-order valence-electron chi connectivity index (χ3n) is 8.07. The van der Waals surface area contributed by atoms with Crippen molar-refractivity contribution in [2.75, 3.05) is 0 Å². The van der Waals surface area contributed by atoms with Gasteiger partial charge < -0.3 is 4.74 Å². The number of H-pyrrole nitrogens is 1. The van der Waals surface area contributed by atoms with Gasteiger partial charge >= 0.3 is 0 Å². The van der Waals surface area contributed by atoms with E-state index in [9.17, 15) is 4.79 Å². The number of benzene rings is 3. The molecule has 36 heavy (non-hydrogen) atoms. The van der Waals surface area contributed by atoms with E-state index >= 15 is 0 Å². The van der Waals surface area contributed by atoms with E-state index in [1.165, 1.54) is 31.2 Å². The highest BCUT2D eigenvalue weighted by molar-refractivity contribution is 6.04. The van der Waals surface area contributed by atoms with Crippen LogP contribution in [0.3, 0.4) is 0 Å². The predicted octanol–water partition coefficient (Wildman–Crippen LogP) is 6.27. The number of tetrazole rings is 1. The first-order valence-corrected chi connectivity index (χ1v) is 12.8. The summed E-state index contributed by atoms with van der Waals surface area (Å²) in [5.41, 5.74) is 8.56. The van der Waals surface area contributed by atoms with Crippen molar-refractivity contribution in [1.29, 1.82) is 0 Å². The van der Waals surface area contributed by atoms with Gasteiger partial charge in [-0.3, -0.25) is 4.79 Å². The second-order valence-electron chi connectivity index (χ2n) is 10.2. The minimum Gasteiger partial charge on any atom is -0.489 e. The average molecular weight is 479 g/mol. The molecule has 1 atom stereocenters. The zero-order valence-corrected chi connectivity index (χ0v) is 20.8. The number of hydrogen-bond acceptors (Lipinski definition) is 5. The number of carbonyl (C=O) groups excluding carboxylic acids is 1.